The maximum atomic E-state index is 13.2. The van der Waals surface area contributed by atoms with Crippen molar-refractivity contribution >= 4 is 11.6 Å². The van der Waals surface area contributed by atoms with Crippen LogP contribution in [0.25, 0.3) is 0 Å². The second kappa shape index (κ2) is 6.46. The second-order valence-corrected chi connectivity index (χ2v) is 6.35. The van der Waals surface area contributed by atoms with Crippen LogP contribution in [0.15, 0.2) is 42.5 Å². The smallest absolute Gasteiger partial charge is 0.133 e. The van der Waals surface area contributed by atoms with E-state index in [2.05, 4.69) is 26.1 Å². The topological polar surface area (TPSA) is 21.3 Å². The van der Waals surface area contributed by atoms with Crippen molar-refractivity contribution in [3.63, 3.8) is 0 Å². The molecule has 21 heavy (non-hydrogen) atoms. The molecule has 112 valence electrons. The predicted octanol–water partition coefficient (Wildman–Crippen LogP) is 5.16. The maximum Gasteiger partial charge on any atom is 0.133 e. The highest BCUT2D eigenvalue weighted by atomic mass is 35.5. The number of halogens is 2. The minimum absolute atomic E-state index is 0.00421. The molecule has 0 aliphatic heterocycles. The van der Waals surface area contributed by atoms with Gasteiger partial charge in [0.25, 0.3) is 0 Å². The Balaban J connectivity index is 2.23. The average Bonchev–Trinajstić information content (AvgIpc) is 2.36. The van der Waals surface area contributed by atoms with Gasteiger partial charge in [-0.15, -0.1) is 0 Å². The first kappa shape index (κ1) is 15.8. The van der Waals surface area contributed by atoms with E-state index in [1.807, 2.05) is 12.1 Å². The van der Waals surface area contributed by atoms with E-state index in [1.54, 1.807) is 18.2 Å². The third-order valence-corrected chi connectivity index (χ3v) is 3.10. The number of rotatable bonds is 4. The largest absolute Gasteiger partial charge is 0.457 e. The lowest BCUT2D eigenvalue weighted by Crippen LogP contribution is -2.35. The van der Waals surface area contributed by atoms with Crippen molar-refractivity contribution in [3.8, 4) is 11.5 Å². The molecule has 0 aliphatic carbocycles. The summed E-state index contributed by atoms with van der Waals surface area (Å²) in [6.45, 7) is 6.92. The molecule has 0 aliphatic rings. The highest BCUT2D eigenvalue weighted by Gasteiger charge is 2.12. The van der Waals surface area contributed by atoms with Gasteiger partial charge in [-0.1, -0.05) is 23.7 Å². The van der Waals surface area contributed by atoms with E-state index in [1.165, 1.54) is 12.1 Å². The van der Waals surface area contributed by atoms with Crippen LogP contribution >= 0.6 is 11.6 Å². The van der Waals surface area contributed by atoms with Crippen molar-refractivity contribution < 1.29 is 9.13 Å². The monoisotopic (exact) mass is 307 g/mol. The van der Waals surface area contributed by atoms with Crippen LogP contribution in [0.1, 0.15) is 26.3 Å². The number of hydrogen-bond acceptors (Lipinski definition) is 2. The molecule has 0 saturated carbocycles. The van der Waals surface area contributed by atoms with Crippen molar-refractivity contribution in [3.05, 3.63) is 58.9 Å². The number of benzene rings is 2. The lowest BCUT2D eigenvalue weighted by molar-refractivity contribution is 0.414. The van der Waals surface area contributed by atoms with Gasteiger partial charge in [0.05, 0.1) is 0 Å². The van der Waals surface area contributed by atoms with E-state index in [9.17, 15) is 4.39 Å². The van der Waals surface area contributed by atoms with E-state index >= 15 is 0 Å². The SMILES string of the molecule is CC(C)(C)NCc1ccc(Cl)cc1Oc1cccc(F)c1. The Morgan fingerprint density at radius 3 is 2.57 bits per heavy atom. The fourth-order valence-electron chi connectivity index (χ4n) is 1.79. The van der Waals surface area contributed by atoms with Crippen molar-refractivity contribution in [2.75, 3.05) is 0 Å². The Kier molecular flexibility index (Phi) is 4.86. The lowest BCUT2D eigenvalue weighted by atomic mass is 10.1. The Bertz CT molecular complexity index is 622. The minimum Gasteiger partial charge on any atom is -0.457 e. The van der Waals surface area contributed by atoms with Gasteiger partial charge in [-0.25, -0.2) is 4.39 Å². The van der Waals surface area contributed by atoms with Crippen LogP contribution in [0, 0.1) is 5.82 Å². The van der Waals surface area contributed by atoms with E-state index < -0.39 is 0 Å². The zero-order valence-corrected chi connectivity index (χ0v) is 13.2. The fourth-order valence-corrected chi connectivity index (χ4v) is 1.95. The zero-order valence-electron chi connectivity index (χ0n) is 12.4. The van der Waals surface area contributed by atoms with Gasteiger partial charge in [0.2, 0.25) is 0 Å². The van der Waals surface area contributed by atoms with Gasteiger partial charge in [-0.05, 0) is 45.0 Å². The Labute approximate surface area is 129 Å². The molecule has 2 aromatic rings. The van der Waals surface area contributed by atoms with Gasteiger partial charge in [-0.2, -0.15) is 0 Å². The van der Waals surface area contributed by atoms with Gasteiger partial charge >= 0.3 is 0 Å². The first-order chi connectivity index (χ1) is 9.83. The third kappa shape index (κ3) is 5.03. The maximum absolute atomic E-state index is 13.2. The van der Waals surface area contributed by atoms with Crippen LogP contribution in [0.2, 0.25) is 5.02 Å². The van der Waals surface area contributed by atoms with Crippen LogP contribution in [-0.4, -0.2) is 5.54 Å². The number of hydrogen-bond donors (Lipinski definition) is 1. The summed E-state index contributed by atoms with van der Waals surface area (Å²) in [6, 6.07) is 11.5. The summed E-state index contributed by atoms with van der Waals surface area (Å²) in [5, 5.41) is 3.98. The molecule has 0 fully saturated rings. The van der Waals surface area contributed by atoms with E-state index in [-0.39, 0.29) is 11.4 Å². The van der Waals surface area contributed by atoms with Crippen LogP contribution < -0.4 is 10.1 Å². The molecule has 0 spiro atoms. The molecule has 0 bridgehead atoms. The summed E-state index contributed by atoms with van der Waals surface area (Å²) in [4.78, 5) is 0. The zero-order chi connectivity index (χ0) is 15.5. The summed E-state index contributed by atoms with van der Waals surface area (Å²) in [6.07, 6.45) is 0. The first-order valence-electron chi connectivity index (χ1n) is 6.80. The quantitative estimate of drug-likeness (QED) is 0.842. The molecule has 2 rings (SSSR count). The highest BCUT2D eigenvalue weighted by molar-refractivity contribution is 6.30. The molecule has 0 radical (unpaired) electrons. The third-order valence-electron chi connectivity index (χ3n) is 2.86. The summed E-state index contributed by atoms with van der Waals surface area (Å²) >= 11 is 6.03. The van der Waals surface area contributed by atoms with Crippen molar-refractivity contribution in [1.29, 1.82) is 0 Å². The van der Waals surface area contributed by atoms with Gasteiger partial charge in [-0.3, -0.25) is 0 Å². The van der Waals surface area contributed by atoms with Crippen molar-refractivity contribution in [1.82, 2.24) is 5.32 Å². The number of ether oxygens (including phenoxy) is 1. The molecule has 4 heteroatoms. The molecular formula is C17H19ClFNO. The van der Waals surface area contributed by atoms with Crippen LogP contribution in [0.4, 0.5) is 4.39 Å². The molecule has 0 saturated heterocycles. The Hall–Kier alpha value is -1.58. The normalized spacial score (nSPS) is 11.5. The summed E-state index contributed by atoms with van der Waals surface area (Å²) in [5.41, 5.74) is 0.967. The van der Waals surface area contributed by atoms with Crippen LogP contribution in [0.3, 0.4) is 0 Å². The summed E-state index contributed by atoms with van der Waals surface area (Å²) < 4.78 is 19.0. The molecular weight excluding hydrogens is 289 g/mol. The summed E-state index contributed by atoms with van der Waals surface area (Å²) in [7, 11) is 0. The van der Waals surface area contributed by atoms with E-state index in [0.717, 1.165) is 5.56 Å². The van der Waals surface area contributed by atoms with Gasteiger partial charge < -0.3 is 10.1 Å². The molecule has 0 amide bonds. The Morgan fingerprint density at radius 2 is 1.90 bits per heavy atom. The highest BCUT2D eigenvalue weighted by Crippen LogP contribution is 2.29. The van der Waals surface area contributed by atoms with Gasteiger partial charge in [0.1, 0.15) is 17.3 Å². The molecule has 0 heterocycles. The van der Waals surface area contributed by atoms with Crippen LogP contribution in [0.5, 0.6) is 11.5 Å². The van der Waals surface area contributed by atoms with Crippen molar-refractivity contribution in [2.24, 2.45) is 0 Å². The lowest BCUT2D eigenvalue weighted by Gasteiger charge is -2.21. The van der Waals surface area contributed by atoms with Gasteiger partial charge in [0.15, 0.2) is 0 Å². The standard InChI is InChI=1S/C17H19ClFNO/c1-17(2,3)20-11-12-7-8-13(18)9-16(12)21-15-6-4-5-14(19)10-15/h4-10,20H,11H2,1-3H3. The van der Waals surface area contributed by atoms with E-state index in [0.29, 0.717) is 23.1 Å². The molecule has 2 aromatic carbocycles. The predicted molar refractivity (Wildman–Crippen MR) is 84.5 cm³/mol. The molecule has 2 nitrogen and oxygen atoms in total. The fraction of sp³-hybridized carbons (Fsp3) is 0.294. The molecule has 0 unspecified atom stereocenters. The Morgan fingerprint density at radius 1 is 1.14 bits per heavy atom. The average molecular weight is 308 g/mol. The number of nitrogens with one attached hydrogen (secondary N) is 1. The van der Waals surface area contributed by atoms with E-state index in [4.69, 9.17) is 16.3 Å². The minimum atomic E-state index is -0.330. The summed E-state index contributed by atoms with van der Waals surface area (Å²) in [5.74, 6) is 0.753. The van der Waals surface area contributed by atoms with Crippen LogP contribution in [-0.2, 0) is 6.54 Å². The first-order valence-corrected chi connectivity index (χ1v) is 7.18. The van der Waals surface area contributed by atoms with Crippen molar-refractivity contribution in [2.45, 2.75) is 32.9 Å². The molecule has 0 atom stereocenters. The van der Waals surface area contributed by atoms with Gasteiger partial charge in [0, 0.05) is 28.7 Å². The molecule has 0 aromatic heterocycles. The molecule has 1 N–H and O–H groups in total. The second-order valence-electron chi connectivity index (χ2n) is 5.92.